The summed E-state index contributed by atoms with van der Waals surface area (Å²) in [7, 11) is 0. The third-order valence-corrected chi connectivity index (χ3v) is 5.71. The van der Waals surface area contributed by atoms with Gasteiger partial charge in [-0.15, -0.1) is 0 Å². The Bertz CT molecular complexity index is 1090. The Balaban J connectivity index is 1.29. The van der Waals surface area contributed by atoms with Crippen LogP contribution in [0.15, 0.2) is 66.7 Å². The number of carbonyl (C=O) groups is 2. The number of hydrogen-bond donors (Lipinski definition) is 1. The molecule has 0 saturated heterocycles. The van der Waals surface area contributed by atoms with Gasteiger partial charge in [-0.05, 0) is 58.7 Å². The lowest BCUT2D eigenvalue weighted by atomic mass is 9.99. The van der Waals surface area contributed by atoms with E-state index >= 15 is 0 Å². The number of ether oxygens (including phenoxy) is 1. The standard InChI is InChI=1S/C27H27NO3/c1-2-31-27(30)16-20-12-10-19(11-13-20)14-15-28-26(29)18-22-7-5-9-24-23-8-4-3-6-21(23)17-25(22)24/h3-13H,2,14-18H2,1H3,(H,28,29). The first-order valence-electron chi connectivity index (χ1n) is 10.8. The summed E-state index contributed by atoms with van der Waals surface area (Å²) in [6, 6.07) is 22.6. The van der Waals surface area contributed by atoms with Crippen LogP contribution in [0.5, 0.6) is 0 Å². The fraction of sp³-hybridized carbons (Fsp3) is 0.259. The number of benzene rings is 3. The van der Waals surface area contributed by atoms with E-state index in [1.807, 2.05) is 30.3 Å². The van der Waals surface area contributed by atoms with Crippen molar-refractivity contribution in [2.24, 2.45) is 0 Å². The molecule has 1 N–H and O–H groups in total. The third-order valence-electron chi connectivity index (χ3n) is 5.71. The van der Waals surface area contributed by atoms with Crippen LogP contribution in [-0.2, 0) is 40.0 Å². The normalized spacial score (nSPS) is 11.5. The van der Waals surface area contributed by atoms with Gasteiger partial charge in [0.25, 0.3) is 0 Å². The number of nitrogens with one attached hydrogen (secondary N) is 1. The molecule has 1 aliphatic carbocycles. The summed E-state index contributed by atoms with van der Waals surface area (Å²) in [5.41, 5.74) is 8.31. The van der Waals surface area contributed by atoms with Crippen molar-refractivity contribution in [2.45, 2.75) is 32.6 Å². The van der Waals surface area contributed by atoms with Gasteiger partial charge in [-0.25, -0.2) is 0 Å². The predicted molar refractivity (Wildman–Crippen MR) is 122 cm³/mol. The second kappa shape index (κ2) is 9.61. The van der Waals surface area contributed by atoms with Crippen LogP contribution in [0.4, 0.5) is 0 Å². The van der Waals surface area contributed by atoms with E-state index in [4.69, 9.17) is 4.74 Å². The monoisotopic (exact) mass is 413 g/mol. The maximum atomic E-state index is 12.5. The molecule has 3 aromatic rings. The number of rotatable bonds is 8. The molecule has 1 amide bonds. The zero-order valence-electron chi connectivity index (χ0n) is 17.8. The molecule has 1 aliphatic rings. The highest BCUT2D eigenvalue weighted by molar-refractivity contribution is 5.83. The van der Waals surface area contributed by atoms with Crippen molar-refractivity contribution in [3.8, 4) is 11.1 Å². The summed E-state index contributed by atoms with van der Waals surface area (Å²) in [5, 5.41) is 3.04. The second-order valence-electron chi connectivity index (χ2n) is 7.85. The number of esters is 1. The summed E-state index contributed by atoms with van der Waals surface area (Å²) < 4.78 is 4.98. The molecule has 0 saturated carbocycles. The zero-order chi connectivity index (χ0) is 21.6. The van der Waals surface area contributed by atoms with Crippen molar-refractivity contribution >= 4 is 11.9 Å². The van der Waals surface area contributed by atoms with Gasteiger partial charge in [0.1, 0.15) is 0 Å². The largest absolute Gasteiger partial charge is 0.466 e. The smallest absolute Gasteiger partial charge is 0.310 e. The van der Waals surface area contributed by atoms with Gasteiger partial charge in [0.15, 0.2) is 0 Å². The average Bonchev–Trinajstić information content (AvgIpc) is 3.15. The minimum absolute atomic E-state index is 0.0447. The van der Waals surface area contributed by atoms with Crippen molar-refractivity contribution in [3.63, 3.8) is 0 Å². The molecule has 0 heterocycles. The first kappa shape index (κ1) is 20.9. The molecule has 0 spiro atoms. The summed E-state index contributed by atoms with van der Waals surface area (Å²) in [4.78, 5) is 24.1. The Morgan fingerprint density at radius 3 is 2.42 bits per heavy atom. The molecule has 4 rings (SSSR count). The Morgan fingerprint density at radius 2 is 1.61 bits per heavy atom. The fourth-order valence-electron chi connectivity index (χ4n) is 4.17. The minimum Gasteiger partial charge on any atom is -0.466 e. The molecule has 0 aliphatic heterocycles. The van der Waals surface area contributed by atoms with Crippen molar-refractivity contribution < 1.29 is 14.3 Å². The molecule has 31 heavy (non-hydrogen) atoms. The average molecular weight is 414 g/mol. The molecular weight excluding hydrogens is 386 g/mol. The number of carbonyl (C=O) groups excluding carboxylic acids is 2. The molecule has 0 atom stereocenters. The Labute approximate surface area is 183 Å². The van der Waals surface area contributed by atoms with Gasteiger partial charge in [-0.1, -0.05) is 66.7 Å². The SMILES string of the molecule is CCOC(=O)Cc1ccc(CCNC(=O)Cc2cccc3c2Cc2ccccc2-3)cc1. The highest BCUT2D eigenvalue weighted by Gasteiger charge is 2.21. The molecule has 158 valence electrons. The van der Waals surface area contributed by atoms with Crippen molar-refractivity contribution in [1.82, 2.24) is 5.32 Å². The van der Waals surface area contributed by atoms with Crippen LogP contribution < -0.4 is 5.32 Å². The van der Waals surface area contributed by atoms with E-state index in [9.17, 15) is 9.59 Å². The van der Waals surface area contributed by atoms with Crippen LogP contribution in [0.1, 0.15) is 34.7 Å². The molecule has 0 unspecified atom stereocenters. The molecule has 4 heteroatoms. The topological polar surface area (TPSA) is 55.4 Å². The second-order valence-corrected chi connectivity index (χ2v) is 7.85. The van der Waals surface area contributed by atoms with E-state index in [1.165, 1.54) is 22.3 Å². The molecule has 4 nitrogen and oxygen atoms in total. The van der Waals surface area contributed by atoms with E-state index in [0.717, 1.165) is 29.5 Å². The highest BCUT2D eigenvalue weighted by atomic mass is 16.5. The van der Waals surface area contributed by atoms with Crippen LogP contribution in [0.25, 0.3) is 11.1 Å². The maximum Gasteiger partial charge on any atom is 0.310 e. The molecule has 0 radical (unpaired) electrons. The summed E-state index contributed by atoms with van der Waals surface area (Å²) in [5.74, 6) is -0.165. The lowest BCUT2D eigenvalue weighted by molar-refractivity contribution is -0.142. The van der Waals surface area contributed by atoms with Gasteiger partial charge in [0.05, 0.1) is 19.4 Å². The first-order chi connectivity index (χ1) is 15.1. The number of hydrogen-bond acceptors (Lipinski definition) is 3. The molecular formula is C27H27NO3. The fourth-order valence-corrected chi connectivity index (χ4v) is 4.17. The van der Waals surface area contributed by atoms with E-state index < -0.39 is 0 Å². The Morgan fingerprint density at radius 1 is 0.871 bits per heavy atom. The highest BCUT2D eigenvalue weighted by Crippen LogP contribution is 2.38. The van der Waals surface area contributed by atoms with E-state index in [2.05, 4.69) is 41.7 Å². The summed E-state index contributed by atoms with van der Waals surface area (Å²) >= 11 is 0. The maximum absolute atomic E-state index is 12.5. The minimum atomic E-state index is -0.210. The van der Waals surface area contributed by atoms with Gasteiger partial charge in [-0.3, -0.25) is 9.59 Å². The van der Waals surface area contributed by atoms with Crippen LogP contribution >= 0.6 is 0 Å². The number of fused-ring (bicyclic) bond motifs is 3. The lowest BCUT2D eigenvalue weighted by Gasteiger charge is -2.10. The Hall–Kier alpha value is -3.40. The number of amides is 1. The van der Waals surface area contributed by atoms with E-state index in [1.54, 1.807) is 6.92 Å². The molecule has 0 bridgehead atoms. The third kappa shape index (κ3) is 5.02. The lowest BCUT2D eigenvalue weighted by Crippen LogP contribution is -2.27. The van der Waals surface area contributed by atoms with E-state index in [-0.39, 0.29) is 18.3 Å². The predicted octanol–water partition coefficient (Wildman–Crippen LogP) is 4.26. The van der Waals surface area contributed by atoms with Gasteiger partial charge < -0.3 is 10.1 Å². The van der Waals surface area contributed by atoms with Crippen molar-refractivity contribution in [1.29, 1.82) is 0 Å². The van der Waals surface area contributed by atoms with Gasteiger partial charge in [-0.2, -0.15) is 0 Å². The van der Waals surface area contributed by atoms with Gasteiger partial charge in [0.2, 0.25) is 5.91 Å². The van der Waals surface area contributed by atoms with Gasteiger partial charge >= 0.3 is 5.97 Å². The quantitative estimate of drug-likeness (QED) is 0.439. The van der Waals surface area contributed by atoms with Gasteiger partial charge in [0, 0.05) is 6.54 Å². The van der Waals surface area contributed by atoms with Crippen LogP contribution in [0.2, 0.25) is 0 Å². The summed E-state index contributed by atoms with van der Waals surface area (Å²) in [6.45, 7) is 2.79. The molecule has 0 aromatic heterocycles. The first-order valence-corrected chi connectivity index (χ1v) is 10.8. The van der Waals surface area contributed by atoms with E-state index in [0.29, 0.717) is 19.6 Å². The van der Waals surface area contributed by atoms with Crippen LogP contribution in [0, 0.1) is 0 Å². The van der Waals surface area contributed by atoms with Crippen LogP contribution in [-0.4, -0.2) is 25.0 Å². The van der Waals surface area contributed by atoms with Crippen LogP contribution in [0.3, 0.4) is 0 Å². The molecule has 3 aromatic carbocycles. The zero-order valence-corrected chi connectivity index (χ0v) is 17.8. The van der Waals surface area contributed by atoms with Crippen molar-refractivity contribution in [3.05, 3.63) is 94.5 Å². The summed E-state index contributed by atoms with van der Waals surface area (Å²) in [6.07, 6.45) is 2.34. The Kier molecular flexibility index (Phi) is 6.46. The molecule has 0 fully saturated rings. The van der Waals surface area contributed by atoms with Crippen molar-refractivity contribution in [2.75, 3.05) is 13.2 Å².